The van der Waals surface area contributed by atoms with Gasteiger partial charge in [-0.2, -0.15) is 0 Å². The lowest BCUT2D eigenvalue weighted by atomic mass is 10.0. The molecule has 2 aromatic carbocycles. The van der Waals surface area contributed by atoms with Gasteiger partial charge in [-0.15, -0.1) is 0 Å². The Bertz CT molecular complexity index is 844. The van der Waals surface area contributed by atoms with Gasteiger partial charge < -0.3 is 14.4 Å². The van der Waals surface area contributed by atoms with E-state index in [-0.39, 0.29) is 17.8 Å². The largest absolute Gasteiger partial charge is 0.497 e. The topological polar surface area (TPSA) is 55.8 Å². The molecule has 5 heteroatoms. The number of methoxy groups -OCH3 is 1. The normalized spacial score (nSPS) is 16.0. The maximum Gasteiger partial charge on any atom is 0.258 e. The van der Waals surface area contributed by atoms with Gasteiger partial charge in [0.15, 0.2) is 5.78 Å². The summed E-state index contributed by atoms with van der Waals surface area (Å²) >= 11 is 0. The number of hydrogen-bond donors (Lipinski definition) is 0. The van der Waals surface area contributed by atoms with Gasteiger partial charge in [-0.1, -0.05) is 6.07 Å². The second-order valence-corrected chi connectivity index (χ2v) is 6.26. The second kappa shape index (κ2) is 6.59. The van der Waals surface area contributed by atoms with Gasteiger partial charge in [0, 0.05) is 17.2 Å². The second-order valence-electron chi connectivity index (χ2n) is 6.26. The number of carbonyl (C=O) groups excluding carboxylic acids is 2. The molecule has 2 aromatic rings. The molecule has 0 spiro atoms. The van der Waals surface area contributed by atoms with E-state index in [0.29, 0.717) is 34.9 Å². The average Bonchev–Trinajstić information content (AvgIpc) is 2.60. The third-order valence-corrected chi connectivity index (χ3v) is 4.33. The highest BCUT2D eigenvalue weighted by Crippen LogP contribution is 2.37. The quantitative estimate of drug-likeness (QED) is 0.801. The van der Waals surface area contributed by atoms with Crippen molar-refractivity contribution in [1.82, 2.24) is 0 Å². The van der Waals surface area contributed by atoms with Crippen LogP contribution in [0.2, 0.25) is 0 Å². The minimum atomic E-state index is -0.160. The zero-order chi connectivity index (χ0) is 18.1. The van der Waals surface area contributed by atoms with E-state index in [4.69, 9.17) is 9.47 Å². The number of rotatable bonds is 3. The van der Waals surface area contributed by atoms with E-state index in [9.17, 15) is 9.59 Å². The van der Waals surface area contributed by atoms with E-state index in [1.54, 1.807) is 48.4 Å². The van der Waals surface area contributed by atoms with Crippen molar-refractivity contribution in [2.24, 2.45) is 0 Å². The summed E-state index contributed by atoms with van der Waals surface area (Å²) in [4.78, 5) is 26.6. The van der Waals surface area contributed by atoms with E-state index in [1.807, 2.05) is 13.8 Å². The van der Waals surface area contributed by atoms with Crippen LogP contribution in [-0.2, 0) is 0 Å². The molecule has 0 N–H and O–H groups in total. The highest BCUT2D eigenvalue weighted by atomic mass is 16.5. The molecule has 0 aliphatic carbocycles. The summed E-state index contributed by atoms with van der Waals surface area (Å²) < 4.78 is 11.1. The number of carbonyl (C=O) groups is 2. The fourth-order valence-electron chi connectivity index (χ4n) is 3.03. The van der Waals surface area contributed by atoms with Crippen LogP contribution in [0.1, 0.15) is 40.1 Å². The molecule has 0 saturated carbocycles. The monoisotopic (exact) mass is 339 g/mol. The van der Waals surface area contributed by atoms with Crippen molar-refractivity contribution in [3.05, 3.63) is 53.1 Å². The Labute approximate surface area is 147 Å². The lowest BCUT2D eigenvalue weighted by Gasteiger charge is -2.33. The molecule has 1 unspecified atom stereocenters. The first-order valence-electron chi connectivity index (χ1n) is 8.19. The Hall–Kier alpha value is -2.82. The minimum absolute atomic E-state index is 0.0513. The Balaban J connectivity index is 2.03. The van der Waals surface area contributed by atoms with Gasteiger partial charge in [-0.25, -0.2) is 0 Å². The number of Topliss-reactive ketones (excluding diaryl/α,β-unsaturated/α-hetero) is 1. The fraction of sp³-hybridized carbons (Fsp3) is 0.300. The first-order chi connectivity index (χ1) is 11.9. The Morgan fingerprint density at radius 2 is 1.96 bits per heavy atom. The molecule has 0 aromatic heterocycles. The van der Waals surface area contributed by atoms with E-state index >= 15 is 0 Å². The molecule has 1 aliphatic rings. The molecule has 1 atom stereocenters. The molecule has 25 heavy (non-hydrogen) atoms. The van der Waals surface area contributed by atoms with Crippen molar-refractivity contribution < 1.29 is 19.1 Å². The van der Waals surface area contributed by atoms with Crippen LogP contribution in [0.4, 0.5) is 5.69 Å². The van der Waals surface area contributed by atoms with Crippen LogP contribution >= 0.6 is 0 Å². The van der Waals surface area contributed by atoms with E-state index < -0.39 is 0 Å². The van der Waals surface area contributed by atoms with Crippen molar-refractivity contribution in [2.45, 2.75) is 26.9 Å². The fourth-order valence-corrected chi connectivity index (χ4v) is 3.03. The van der Waals surface area contributed by atoms with Crippen LogP contribution in [-0.4, -0.2) is 31.4 Å². The third-order valence-electron chi connectivity index (χ3n) is 4.33. The summed E-state index contributed by atoms with van der Waals surface area (Å²) in [6.45, 7) is 5.72. The van der Waals surface area contributed by atoms with E-state index in [1.165, 1.54) is 6.92 Å². The van der Waals surface area contributed by atoms with Crippen LogP contribution in [0.15, 0.2) is 36.4 Å². The predicted molar refractivity (Wildman–Crippen MR) is 95.9 cm³/mol. The molecule has 0 radical (unpaired) electrons. The smallest absolute Gasteiger partial charge is 0.258 e. The van der Waals surface area contributed by atoms with Crippen molar-refractivity contribution in [3.63, 3.8) is 0 Å². The lowest BCUT2D eigenvalue weighted by Crippen LogP contribution is -2.42. The number of anilines is 1. The zero-order valence-electron chi connectivity index (χ0n) is 14.8. The average molecular weight is 339 g/mol. The highest BCUT2D eigenvalue weighted by Gasteiger charge is 2.29. The summed E-state index contributed by atoms with van der Waals surface area (Å²) in [7, 11) is 1.58. The summed E-state index contributed by atoms with van der Waals surface area (Å²) in [5.41, 5.74) is 2.59. The molecule has 0 bridgehead atoms. The summed E-state index contributed by atoms with van der Waals surface area (Å²) in [6, 6.07) is 10.6. The van der Waals surface area contributed by atoms with Gasteiger partial charge in [-0.3, -0.25) is 9.59 Å². The number of amides is 1. The van der Waals surface area contributed by atoms with Gasteiger partial charge >= 0.3 is 0 Å². The molecular weight excluding hydrogens is 318 g/mol. The van der Waals surface area contributed by atoms with Gasteiger partial charge in [0.25, 0.3) is 5.91 Å². The number of fused-ring (bicyclic) bond motifs is 1. The Morgan fingerprint density at radius 1 is 1.20 bits per heavy atom. The molecule has 1 aliphatic heterocycles. The number of aryl methyl sites for hydroxylation is 1. The van der Waals surface area contributed by atoms with Crippen LogP contribution in [0.25, 0.3) is 0 Å². The summed E-state index contributed by atoms with van der Waals surface area (Å²) in [6.07, 6.45) is -0.123. The Kier molecular flexibility index (Phi) is 4.49. The minimum Gasteiger partial charge on any atom is -0.497 e. The van der Waals surface area contributed by atoms with Gasteiger partial charge in [-0.05, 0) is 50.6 Å². The predicted octanol–water partition coefficient (Wildman–Crippen LogP) is 3.63. The number of ketones is 1. The number of ether oxygens (including phenoxy) is 2. The van der Waals surface area contributed by atoms with E-state index in [0.717, 1.165) is 5.56 Å². The van der Waals surface area contributed by atoms with Crippen molar-refractivity contribution >= 4 is 17.4 Å². The van der Waals surface area contributed by atoms with Crippen molar-refractivity contribution in [3.8, 4) is 11.5 Å². The maximum atomic E-state index is 13.1. The molecule has 0 fully saturated rings. The maximum absolute atomic E-state index is 13.1. The number of hydrogen-bond acceptors (Lipinski definition) is 4. The molecule has 0 saturated heterocycles. The van der Waals surface area contributed by atoms with Crippen LogP contribution in [0, 0.1) is 6.92 Å². The molecular formula is C20H21NO4. The van der Waals surface area contributed by atoms with Crippen molar-refractivity contribution in [2.75, 3.05) is 18.6 Å². The molecule has 1 heterocycles. The third kappa shape index (κ3) is 3.22. The number of benzene rings is 2. The van der Waals surface area contributed by atoms with Gasteiger partial charge in [0.05, 0.1) is 19.3 Å². The van der Waals surface area contributed by atoms with Crippen LogP contribution in [0.5, 0.6) is 11.5 Å². The number of nitrogens with zero attached hydrogens (tertiary/aromatic N) is 1. The van der Waals surface area contributed by atoms with Crippen LogP contribution in [0.3, 0.4) is 0 Å². The van der Waals surface area contributed by atoms with Crippen LogP contribution < -0.4 is 14.4 Å². The Morgan fingerprint density at radius 3 is 2.64 bits per heavy atom. The SMILES string of the molecule is COc1ccc2c(c1)N(C(=O)c1ccc(C)c(C(C)=O)c1)CC(C)O2. The first-order valence-corrected chi connectivity index (χ1v) is 8.19. The molecule has 1 amide bonds. The molecule has 130 valence electrons. The lowest BCUT2D eigenvalue weighted by molar-refractivity contribution is 0.0961. The summed E-state index contributed by atoms with van der Waals surface area (Å²) in [5.74, 6) is 1.09. The first kappa shape index (κ1) is 17.0. The van der Waals surface area contributed by atoms with E-state index in [2.05, 4.69) is 0 Å². The van der Waals surface area contributed by atoms with Crippen molar-refractivity contribution in [1.29, 1.82) is 0 Å². The van der Waals surface area contributed by atoms with Gasteiger partial charge in [0.1, 0.15) is 17.6 Å². The molecule has 5 nitrogen and oxygen atoms in total. The standard InChI is InChI=1S/C20H21NO4/c1-12-5-6-15(9-17(12)14(3)22)20(23)21-11-13(2)25-19-8-7-16(24-4)10-18(19)21/h5-10,13H,11H2,1-4H3. The molecule has 3 rings (SSSR count). The highest BCUT2D eigenvalue weighted by molar-refractivity contribution is 6.09. The van der Waals surface area contributed by atoms with Gasteiger partial charge in [0.2, 0.25) is 0 Å². The zero-order valence-corrected chi connectivity index (χ0v) is 14.8. The summed E-state index contributed by atoms with van der Waals surface area (Å²) in [5, 5.41) is 0.